The molecule has 2 amide bonds. The molecule has 0 aliphatic carbocycles. The number of nitriles is 1. The summed E-state index contributed by atoms with van der Waals surface area (Å²) in [5.74, 6) is 0. The van der Waals surface area contributed by atoms with Crippen molar-refractivity contribution in [3.05, 3.63) is 101 Å². The van der Waals surface area contributed by atoms with E-state index in [-0.39, 0.29) is 12.1 Å². The Morgan fingerprint density at radius 3 is 2.30 bits per heavy atom. The number of nitrogens with zero attached hydrogens (tertiary/aromatic N) is 4. The van der Waals surface area contributed by atoms with Gasteiger partial charge in [0.25, 0.3) is 0 Å². The largest absolute Gasteiger partial charge is 0.330 e. The second-order valence-corrected chi connectivity index (χ2v) is 8.70. The van der Waals surface area contributed by atoms with Crippen LogP contribution >= 0.6 is 0 Å². The van der Waals surface area contributed by atoms with E-state index in [2.05, 4.69) is 49.9 Å². The highest BCUT2D eigenvalue weighted by molar-refractivity contribution is 6.08. The van der Waals surface area contributed by atoms with Crippen LogP contribution in [0.15, 0.2) is 72.8 Å². The van der Waals surface area contributed by atoms with E-state index in [1.165, 1.54) is 0 Å². The molecule has 1 saturated heterocycles. The van der Waals surface area contributed by atoms with Crippen molar-refractivity contribution < 1.29 is 4.79 Å². The van der Waals surface area contributed by atoms with Crippen molar-refractivity contribution >= 4 is 23.1 Å². The van der Waals surface area contributed by atoms with Crippen molar-refractivity contribution in [2.24, 2.45) is 0 Å². The van der Waals surface area contributed by atoms with Crippen molar-refractivity contribution in [2.75, 3.05) is 9.80 Å². The van der Waals surface area contributed by atoms with E-state index < -0.39 is 5.54 Å². The van der Waals surface area contributed by atoms with Crippen LogP contribution in [-0.4, -0.2) is 11.6 Å². The van der Waals surface area contributed by atoms with Gasteiger partial charge in [0, 0.05) is 11.4 Å². The van der Waals surface area contributed by atoms with Gasteiger partial charge in [-0.05, 0) is 62.2 Å². The van der Waals surface area contributed by atoms with Crippen LogP contribution in [0.4, 0.5) is 21.9 Å². The number of aryl methyl sites for hydroxylation is 1. The number of hydrogen-bond acceptors (Lipinski definition) is 2. The van der Waals surface area contributed by atoms with Gasteiger partial charge in [-0.3, -0.25) is 9.80 Å². The van der Waals surface area contributed by atoms with Crippen LogP contribution in [0.2, 0.25) is 0 Å². The summed E-state index contributed by atoms with van der Waals surface area (Å²) in [6.07, 6.45) is 1.71. The summed E-state index contributed by atoms with van der Waals surface area (Å²) in [4.78, 5) is 21.3. The third-order valence-corrected chi connectivity index (χ3v) is 6.38. The molecule has 5 nitrogen and oxygen atoms in total. The first-order chi connectivity index (χ1) is 15.9. The van der Waals surface area contributed by atoms with Crippen LogP contribution in [0.3, 0.4) is 0 Å². The zero-order valence-corrected chi connectivity index (χ0v) is 19.1. The lowest BCUT2D eigenvalue weighted by Gasteiger charge is -2.39. The average Bonchev–Trinajstić information content (AvgIpc) is 3.05. The molecule has 0 aromatic heterocycles. The highest BCUT2D eigenvalue weighted by Crippen LogP contribution is 2.50. The maximum Gasteiger partial charge on any atom is 0.330 e. The topological polar surface area (TPSA) is 51.7 Å². The molecule has 3 aromatic rings. The van der Waals surface area contributed by atoms with Gasteiger partial charge in [0.15, 0.2) is 5.69 Å². The SMILES string of the molecule is [C-]#[N+]c1ccc(N2C(=O)N(c3ccc(C#N)cc3)[C@](C)(CCC)[C@H]2c2cccc(C)c2)cc1. The summed E-state index contributed by atoms with van der Waals surface area (Å²) in [5, 5.41) is 9.22. The molecule has 164 valence electrons. The van der Waals surface area contributed by atoms with Crippen LogP contribution < -0.4 is 9.80 Å². The number of anilines is 2. The van der Waals surface area contributed by atoms with Crippen molar-refractivity contribution in [1.82, 2.24) is 0 Å². The Labute approximate surface area is 195 Å². The molecule has 5 heteroatoms. The molecule has 0 bridgehead atoms. The van der Waals surface area contributed by atoms with Gasteiger partial charge in [-0.1, -0.05) is 55.3 Å². The fourth-order valence-corrected chi connectivity index (χ4v) is 4.98. The van der Waals surface area contributed by atoms with Crippen molar-refractivity contribution in [1.29, 1.82) is 5.26 Å². The van der Waals surface area contributed by atoms with Crippen molar-refractivity contribution in [2.45, 2.75) is 45.2 Å². The summed E-state index contributed by atoms with van der Waals surface area (Å²) in [6, 6.07) is 24.6. The van der Waals surface area contributed by atoms with Gasteiger partial charge in [0.2, 0.25) is 0 Å². The Kier molecular flexibility index (Phi) is 5.90. The monoisotopic (exact) mass is 434 g/mol. The van der Waals surface area contributed by atoms with E-state index in [4.69, 9.17) is 6.57 Å². The minimum absolute atomic E-state index is 0.113. The van der Waals surface area contributed by atoms with Gasteiger partial charge in [0.05, 0.1) is 29.8 Å². The summed E-state index contributed by atoms with van der Waals surface area (Å²) in [7, 11) is 0. The number of carbonyl (C=O) groups excluding carboxylic acids is 1. The van der Waals surface area contributed by atoms with Gasteiger partial charge >= 0.3 is 6.03 Å². The van der Waals surface area contributed by atoms with Gasteiger partial charge in [-0.2, -0.15) is 5.26 Å². The summed E-state index contributed by atoms with van der Waals surface area (Å²) in [5.41, 5.74) is 4.32. The average molecular weight is 435 g/mol. The van der Waals surface area contributed by atoms with Crippen molar-refractivity contribution in [3.63, 3.8) is 0 Å². The fourth-order valence-electron chi connectivity index (χ4n) is 4.98. The van der Waals surface area contributed by atoms with Gasteiger partial charge in [-0.25, -0.2) is 9.64 Å². The Bertz CT molecular complexity index is 1250. The molecule has 1 heterocycles. The van der Waals surface area contributed by atoms with E-state index in [1.54, 1.807) is 24.3 Å². The van der Waals surface area contributed by atoms with Crippen LogP contribution in [0.5, 0.6) is 0 Å². The number of benzene rings is 3. The third kappa shape index (κ3) is 3.83. The predicted octanol–water partition coefficient (Wildman–Crippen LogP) is 7.16. The molecule has 1 fully saturated rings. The molecule has 0 spiro atoms. The van der Waals surface area contributed by atoms with E-state index in [0.29, 0.717) is 11.3 Å². The molecule has 2 atom stereocenters. The molecule has 0 radical (unpaired) electrons. The van der Waals surface area contributed by atoms with E-state index in [9.17, 15) is 10.1 Å². The van der Waals surface area contributed by atoms with Crippen LogP contribution in [0.1, 0.15) is 49.4 Å². The molecule has 1 aliphatic rings. The number of hydrogen-bond donors (Lipinski definition) is 0. The first kappa shape index (κ1) is 22.1. The number of amides is 2. The highest BCUT2D eigenvalue weighted by Gasteiger charge is 2.55. The van der Waals surface area contributed by atoms with Crippen LogP contribution in [-0.2, 0) is 0 Å². The lowest BCUT2D eigenvalue weighted by Crippen LogP contribution is -2.46. The molecule has 3 aromatic carbocycles. The minimum Gasteiger partial charge on any atom is -0.286 e. The Morgan fingerprint density at radius 2 is 1.73 bits per heavy atom. The van der Waals surface area contributed by atoms with Gasteiger partial charge in [0.1, 0.15) is 0 Å². The molecule has 0 unspecified atom stereocenters. The zero-order valence-electron chi connectivity index (χ0n) is 19.1. The van der Waals surface area contributed by atoms with Gasteiger partial charge in [-0.15, -0.1) is 0 Å². The summed E-state index contributed by atoms with van der Waals surface area (Å²) < 4.78 is 0. The molecule has 33 heavy (non-hydrogen) atoms. The molecular formula is C28H26N4O. The smallest absolute Gasteiger partial charge is 0.286 e. The standard InChI is InChI=1S/C28H26N4O/c1-5-17-28(3)26(22-8-6-7-20(2)18-22)31(24-15-11-23(30-4)12-16-24)27(33)32(28)25-13-9-21(19-29)10-14-25/h6-16,18,26H,5,17H2,1-3H3/t26-,28-/m1/s1. The van der Waals surface area contributed by atoms with E-state index in [1.807, 2.05) is 40.1 Å². The summed E-state index contributed by atoms with van der Waals surface area (Å²) >= 11 is 0. The number of carbonyl (C=O) groups is 1. The maximum absolute atomic E-state index is 14.1. The molecule has 0 saturated carbocycles. The Morgan fingerprint density at radius 1 is 1.06 bits per heavy atom. The number of urea groups is 1. The van der Waals surface area contributed by atoms with E-state index >= 15 is 0 Å². The lowest BCUT2D eigenvalue weighted by molar-refractivity contribution is 0.253. The van der Waals surface area contributed by atoms with Crippen LogP contribution in [0.25, 0.3) is 4.85 Å². The third-order valence-electron chi connectivity index (χ3n) is 6.38. The number of rotatable bonds is 5. The second kappa shape index (κ2) is 8.81. The minimum atomic E-state index is -0.522. The molecule has 4 rings (SSSR count). The first-order valence-electron chi connectivity index (χ1n) is 11.1. The molecule has 0 N–H and O–H groups in total. The van der Waals surface area contributed by atoms with E-state index in [0.717, 1.165) is 35.3 Å². The Balaban J connectivity index is 1.93. The zero-order chi connectivity index (χ0) is 23.6. The highest BCUT2D eigenvalue weighted by atomic mass is 16.2. The quantitative estimate of drug-likeness (QED) is 0.400. The normalized spacial score (nSPS) is 19.9. The van der Waals surface area contributed by atoms with Crippen molar-refractivity contribution in [3.8, 4) is 6.07 Å². The van der Waals surface area contributed by atoms with Gasteiger partial charge < -0.3 is 0 Å². The molecular weight excluding hydrogens is 408 g/mol. The first-order valence-corrected chi connectivity index (χ1v) is 11.1. The lowest BCUT2D eigenvalue weighted by atomic mass is 9.82. The Hall–Kier alpha value is -4.09. The molecule has 1 aliphatic heterocycles. The second-order valence-electron chi connectivity index (χ2n) is 8.70. The van der Waals surface area contributed by atoms with Crippen LogP contribution in [0, 0.1) is 24.8 Å². The predicted molar refractivity (Wildman–Crippen MR) is 131 cm³/mol. The maximum atomic E-state index is 14.1. The fraction of sp³-hybridized carbons (Fsp3) is 0.250. The summed E-state index contributed by atoms with van der Waals surface area (Å²) in [6.45, 7) is 13.6.